The van der Waals surface area contributed by atoms with Gasteiger partial charge in [0.15, 0.2) is 0 Å². The van der Waals surface area contributed by atoms with E-state index in [0.717, 1.165) is 0 Å². The van der Waals surface area contributed by atoms with Crippen LogP contribution in [0.2, 0.25) is 0 Å². The molecule has 0 aromatic carbocycles. The number of aromatic nitrogens is 1. The third-order valence-corrected chi connectivity index (χ3v) is 2.46. The second-order valence-corrected chi connectivity index (χ2v) is 4.10. The molecule has 1 rings (SSSR count). The number of hydrogen-bond donors (Lipinski definition) is 2. The molecule has 0 radical (unpaired) electrons. The van der Waals surface area contributed by atoms with Crippen LogP contribution in [0.3, 0.4) is 0 Å². The summed E-state index contributed by atoms with van der Waals surface area (Å²) in [7, 11) is 1.45. The number of pyridine rings is 1. The number of aliphatic carboxylic acids is 1. The summed E-state index contributed by atoms with van der Waals surface area (Å²) in [5, 5.41) is 11.0. The van der Waals surface area contributed by atoms with Crippen molar-refractivity contribution >= 4 is 12.0 Å². The molecule has 0 aliphatic rings. The van der Waals surface area contributed by atoms with E-state index in [1.54, 1.807) is 0 Å². The first kappa shape index (κ1) is 16.6. The van der Waals surface area contributed by atoms with Gasteiger partial charge in [-0.2, -0.15) is 8.78 Å². The predicted octanol–water partition coefficient (Wildman–Crippen LogP) is 1.30. The fraction of sp³-hybridized carbons (Fsp3) is 0.417. The van der Waals surface area contributed by atoms with E-state index in [-0.39, 0.29) is 25.4 Å². The van der Waals surface area contributed by atoms with Gasteiger partial charge < -0.3 is 20.1 Å². The molecule has 0 atom stereocenters. The second kappa shape index (κ2) is 7.98. The van der Waals surface area contributed by atoms with Crippen molar-refractivity contribution in [3.63, 3.8) is 0 Å². The van der Waals surface area contributed by atoms with Gasteiger partial charge in [0.05, 0.1) is 6.42 Å². The Morgan fingerprint density at radius 1 is 1.52 bits per heavy atom. The Bertz CT molecular complexity index is 499. The van der Waals surface area contributed by atoms with E-state index in [9.17, 15) is 18.4 Å². The molecule has 7 nitrogen and oxygen atoms in total. The molecule has 9 heteroatoms. The van der Waals surface area contributed by atoms with E-state index in [1.807, 2.05) is 0 Å². The number of carboxylic acid groups (broad SMARTS) is 1. The maximum Gasteiger partial charge on any atom is 0.388 e. The van der Waals surface area contributed by atoms with Crippen molar-refractivity contribution < 1.29 is 28.2 Å². The Balaban J connectivity index is 2.47. The second-order valence-electron chi connectivity index (χ2n) is 4.10. The Morgan fingerprint density at radius 3 is 2.86 bits per heavy atom. The van der Waals surface area contributed by atoms with Crippen molar-refractivity contribution in [3.8, 4) is 5.88 Å². The number of nitrogens with zero attached hydrogens (tertiary/aromatic N) is 2. The number of urea groups is 1. The third kappa shape index (κ3) is 6.50. The van der Waals surface area contributed by atoms with Gasteiger partial charge in [-0.15, -0.1) is 0 Å². The number of carbonyl (C=O) groups excluding carboxylic acids is 1. The predicted molar refractivity (Wildman–Crippen MR) is 68.0 cm³/mol. The molecular formula is C12H15F2N3O4. The number of alkyl halides is 2. The largest absolute Gasteiger partial charge is 0.481 e. The van der Waals surface area contributed by atoms with E-state index in [2.05, 4.69) is 15.0 Å². The lowest BCUT2D eigenvalue weighted by Crippen LogP contribution is -2.37. The summed E-state index contributed by atoms with van der Waals surface area (Å²) in [5.74, 6) is -1.24. The molecule has 1 heterocycles. The lowest BCUT2D eigenvalue weighted by atomic mass is 10.2. The molecular weight excluding hydrogens is 288 g/mol. The van der Waals surface area contributed by atoms with Gasteiger partial charge in [-0.3, -0.25) is 4.79 Å². The number of carbonyl (C=O) groups is 2. The van der Waals surface area contributed by atoms with Crippen LogP contribution in [0.4, 0.5) is 13.6 Å². The number of carboxylic acids is 1. The van der Waals surface area contributed by atoms with Crippen LogP contribution in [0, 0.1) is 0 Å². The molecule has 1 aromatic rings. The number of nitrogens with one attached hydrogen (secondary N) is 1. The lowest BCUT2D eigenvalue weighted by molar-refractivity contribution is -0.137. The van der Waals surface area contributed by atoms with Crippen LogP contribution < -0.4 is 10.1 Å². The highest BCUT2D eigenvalue weighted by atomic mass is 19.3. The maximum absolute atomic E-state index is 12.0. The molecule has 116 valence electrons. The number of ether oxygens (including phenoxy) is 1. The highest BCUT2D eigenvalue weighted by molar-refractivity contribution is 5.75. The van der Waals surface area contributed by atoms with Crippen LogP contribution in [0.15, 0.2) is 18.3 Å². The number of amides is 2. The van der Waals surface area contributed by atoms with Crippen molar-refractivity contribution in [1.82, 2.24) is 15.2 Å². The zero-order chi connectivity index (χ0) is 15.8. The summed E-state index contributed by atoms with van der Waals surface area (Å²) in [6.45, 7) is -2.82. The minimum atomic E-state index is -2.97. The monoisotopic (exact) mass is 303 g/mol. The Kier molecular flexibility index (Phi) is 6.31. The third-order valence-electron chi connectivity index (χ3n) is 2.46. The summed E-state index contributed by atoms with van der Waals surface area (Å²) in [6, 6.07) is 2.35. The SMILES string of the molecule is CN(CCC(=O)O)C(=O)NCc1ccnc(OC(F)F)c1. The topological polar surface area (TPSA) is 91.8 Å². The van der Waals surface area contributed by atoms with Crippen molar-refractivity contribution in [1.29, 1.82) is 0 Å². The van der Waals surface area contributed by atoms with Gasteiger partial charge in [-0.25, -0.2) is 9.78 Å². The molecule has 0 unspecified atom stereocenters. The van der Waals surface area contributed by atoms with Gasteiger partial charge in [0.25, 0.3) is 0 Å². The minimum Gasteiger partial charge on any atom is -0.481 e. The van der Waals surface area contributed by atoms with Crippen molar-refractivity contribution in [2.45, 2.75) is 19.6 Å². The maximum atomic E-state index is 12.0. The van der Waals surface area contributed by atoms with Crippen molar-refractivity contribution in [3.05, 3.63) is 23.9 Å². The van der Waals surface area contributed by atoms with E-state index in [0.29, 0.717) is 5.56 Å². The average molecular weight is 303 g/mol. The average Bonchev–Trinajstić information content (AvgIpc) is 2.41. The van der Waals surface area contributed by atoms with Gasteiger partial charge in [0, 0.05) is 32.4 Å². The standard InChI is InChI=1S/C12H15F2N3O4/c1-17(5-3-10(18)19)12(20)16-7-8-2-4-15-9(6-8)21-11(13)14/h2,4,6,11H,3,5,7H2,1H3,(H,16,20)(H,18,19). The normalized spacial score (nSPS) is 10.3. The number of hydrogen-bond acceptors (Lipinski definition) is 4. The quantitative estimate of drug-likeness (QED) is 0.792. The van der Waals surface area contributed by atoms with E-state index in [4.69, 9.17) is 5.11 Å². The molecule has 0 spiro atoms. The van der Waals surface area contributed by atoms with Crippen molar-refractivity contribution in [2.75, 3.05) is 13.6 Å². The van der Waals surface area contributed by atoms with Crippen LogP contribution in [0.25, 0.3) is 0 Å². The molecule has 21 heavy (non-hydrogen) atoms. The first-order valence-electron chi connectivity index (χ1n) is 5.99. The highest BCUT2D eigenvalue weighted by Gasteiger charge is 2.10. The molecule has 0 aliphatic heterocycles. The molecule has 0 bridgehead atoms. The zero-order valence-electron chi connectivity index (χ0n) is 11.3. The van der Waals surface area contributed by atoms with Crippen LogP contribution in [0.1, 0.15) is 12.0 Å². The van der Waals surface area contributed by atoms with Crippen LogP contribution in [0.5, 0.6) is 5.88 Å². The zero-order valence-corrected chi connectivity index (χ0v) is 11.3. The van der Waals surface area contributed by atoms with E-state index < -0.39 is 18.6 Å². The summed E-state index contributed by atoms with van der Waals surface area (Å²) in [6.07, 6.45) is 1.12. The summed E-state index contributed by atoms with van der Waals surface area (Å²) in [4.78, 5) is 26.9. The Labute approximate surface area is 119 Å². The summed E-state index contributed by atoms with van der Waals surface area (Å²) in [5.41, 5.74) is 0.528. The minimum absolute atomic E-state index is 0.0667. The van der Waals surface area contributed by atoms with E-state index >= 15 is 0 Å². The summed E-state index contributed by atoms with van der Waals surface area (Å²) >= 11 is 0. The van der Waals surface area contributed by atoms with Gasteiger partial charge in [-0.05, 0) is 11.6 Å². The first-order chi connectivity index (χ1) is 9.88. The molecule has 0 saturated carbocycles. The fourth-order valence-electron chi connectivity index (χ4n) is 1.39. The van der Waals surface area contributed by atoms with Gasteiger partial charge >= 0.3 is 18.6 Å². The molecule has 0 aliphatic carbocycles. The van der Waals surface area contributed by atoms with Crippen LogP contribution in [-0.2, 0) is 11.3 Å². The molecule has 1 aromatic heterocycles. The Hall–Kier alpha value is -2.45. The smallest absolute Gasteiger partial charge is 0.388 e. The van der Waals surface area contributed by atoms with Gasteiger partial charge in [-0.1, -0.05) is 0 Å². The molecule has 0 fully saturated rings. The van der Waals surface area contributed by atoms with Crippen molar-refractivity contribution in [2.24, 2.45) is 0 Å². The Morgan fingerprint density at radius 2 is 2.24 bits per heavy atom. The van der Waals surface area contributed by atoms with Gasteiger partial charge in [0.2, 0.25) is 5.88 Å². The number of halogens is 2. The molecule has 2 N–H and O–H groups in total. The fourth-order valence-corrected chi connectivity index (χ4v) is 1.39. The molecule has 2 amide bonds. The lowest BCUT2D eigenvalue weighted by Gasteiger charge is -2.17. The van der Waals surface area contributed by atoms with Crippen LogP contribution >= 0.6 is 0 Å². The van der Waals surface area contributed by atoms with Gasteiger partial charge in [0.1, 0.15) is 0 Å². The van der Waals surface area contributed by atoms with E-state index in [1.165, 1.54) is 30.3 Å². The number of rotatable bonds is 7. The first-order valence-corrected chi connectivity index (χ1v) is 5.99. The summed E-state index contributed by atoms with van der Waals surface area (Å²) < 4.78 is 28.2. The molecule has 0 saturated heterocycles. The van der Waals surface area contributed by atoms with Crippen LogP contribution in [-0.4, -0.2) is 47.2 Å². The highest BCUT2D eigenvalue weighted by Crippen LogP contribution is 2.12.